The molecule has 0 radical (unpaired) electrons. The summed E-state index contributed by atoms with van der Waals surface area (Å²) < 4.78 is 0. The van der Waals surface area contributed by atoms with Crippen LogP contribution in [0.1, 0.15) is 31.7 Å². The van der Waals surface area contributed by atoms with Gasteiger partial charge < -0.3 is 4.90 Å². The van der Waals surface area contributed by atoms with Gasteiger partial charge in [0.05, 0.1) is 11.4 Å². The average molecular weight is 287 g/mol. The molecule has 0 bridgehead atoms. The maximum atomic E-state index is 4.48. The molecule has 0 spiro atoms. The Balaban J connectivity index is 2.88. The van der Waals surface area contributed by atoms with E-state index in [1.807, 2.05) is 13.8 Å². The molecular formula is C11H19BrN4. The van der Waals surface area contributed by atoms with Crippen LogP contribution in [0.2, 0.25) is 0 Å². The van der Waals surface area contributed by atoms with Crippen LogP contribution >= 0.6 is 15.9 Å². The number of aryl methyl sites for hydroxylation is 2. The second-order valence-electron chi connectivity index (χ2n) is 4.11. The van der Waals surface area contributed by atoms with Gasteiger partial charge in [-0.3, -0.25) is 0 Å². The number of hydrogen-bond acceptors (Lipinski definition) is 4. The van der Waals surface area contributed by atoms with E-state index in [1.165, 1.54) is 0 Å². The Kier molecular flexibility index (Phi) is 5.12. The molecule has 4 nitrogen and oxygen atoms in total. The summed E-state index contributed by atoms with van der Waals surface area (Å²) >= 11 is 3.44. The second-order valence-corrected chi connectivity index (χ2v) is 4.91. The molecular weight excluding hydrogens is 268 g/mol. The number of halogens is 1. The second kappa shape index (κ2) is 6.13. The van der Waals surface area contributed by atoms with Crippen molar-refractivity contribution in [3.8, 4) is 0 Å². The van der Waals surface area contributed by atoms with Crippen LogP contribution in [-0.2, 0) is 0 Å². The van der Waals surface area contributed by atoms with E-state index in [2.05, 4.69) is 49.9 Å². The van der Waals surface area contributed by atoms with Crippen LogP contribution in [0.3, 0.4) is 0 Å². The molecule has 0 aromatic carbocycles. The molecule has 16 heavy (non-hydrogen) atoms. The van der Waals surface area contributed by atoms with Crippen molar-refractivity contribution >= 4 is 21.9 Å². The smallest absolute Gasteiger partial charge is 0.245 e. The highest BCUT2D eigenvalue weighted by Crippen LogP contribution is 2.12. The number of alkyl halides is 1. The summed E-state index contributed by atoms with van der Waals surface area (Å²) in [4.78, 5) is 6.67. The summed E-state index contributed by atoms with van der Waals surface area (Å²) in [5, 5.41) is 9.28. The van der Waals surface area contributed by atoms with Gasteiger partial charge in [0.1, 0.15) is 0 Å². The Bertz CT molecular complexity index is 341. The highest BCUT2D eigenvalue weighted by atomic mass is 79.9. The van der Waals surface area contributed by atoms with Crippen LogP contribution in [0.15, 0.2) is 0 Å². The molecule has 1 aromatic heterocycles. The van der Waals surface area contributed by atoms with E-state index >= 15 is 0 Å². The van der Waals surface area contributed by atoms with Gasteiger partial charge >= 0.3 is 0 Å². The van der Waals surface area contributed by atoms with Crippen molar-refractivity contribution in [3.05, 3.63) is 11.4 Å². The van der Waals surface area contributed by atoms with Gasteiger partial charge in [-0.15, -0.1) is 5.10 Å². The lowest BCUT2D eigenvalue weighted by atomic mass is 10.3. The normalized spacial score (nSPS) is 10.9. The van der Waals surface area contributed by atoms with Gasteiger partial charge in [-0.2, -0.15) is 5.10 Å². The van der Waals surface area contributed by atoms with Crippen molar-refractivity contribution in [3.63, 3.8) is 0 Å². The minimum absolute atomic E-state index is 0.392. The summed E-state index contributed by atoms with van der Waals surface area (Å²) in [5.74, 6) is 0.735. The molecule has 0 saturated heterocycles. The van der Waals surface area contributed by atoms with Crippen molar-refractivity contribution in [1.82, 2.24) is 15.2 Å². The van der Waals surface area contributed by atoms with Crippen molar-refractivity contribution < 1.29 is 0 Å². The summed E-state index contributed by atoms with van der Waals surface area (Å²) in [7, 11) is 0. The summed E-state index contributed by atoms with van der Waals surface area (Å²) in [5.41, 5.74) is 1.85. The molecule has 1 heterocycles. The summed E-state index contributed by atoms with van der Waals surface area (Å²) in [6.07, 6.45) is 1.08. The number of nitrogens with zero attached hydrogens (tertiary/aromatic N) is 4. The van der Waals surface area contributed by atoms with E-state index in [9.17, 15) is 0 Å². The molecule has 0 saturated carbocycles. The van der Waals surface area contributed by atoms with E-state index in [0.29, 0.717) is 6.04 Å². The molecule has 0 aliphatic carbocycles. The van der Waals surface area contributed by atoms with Crippen LogP contribution in [0.25, 0.3) is 0 Å². The average Bonchev–Trinajstić information content (AvgIpc) is 2.23. The quantitative estimate of drug-likeness (QED) is 0.780. The molecule has 5 heteroatoms. The number of rotatable bonds is 5. The summed E-state index contributed by atoms with van der Waals surface area (Å²) in [6, 6.07) is 0.392. The molecule has 0 unspecified atom stereocenters. The van der Waals surface area contributed by atoms with Gasteiger partial charge in [0.25, 0.3) is 0 Å². The molecule has 90 valence electrons. The first kappa shape index (κ1) is 13.4. The van der Waals surface area contributed by atoms with Gasteiger partial charge in [0.2, 0.25) is 5.95 Å². The standard InChI is InChI=1S/C11H19BrN4/c1-8(2)16(7-5-6-12)11-13-9(3)10(4)14-15-11/h8H,5-7H2,1-4H3. The maximum Gasteiger partial charge on any atom is 0.245 e. The Hall–Kier alpha value is -0.710. The fraction of sp³-hybridized carbons (Fsp3) is 0.727. The van der Waals surface area contributed by atoms with Crippen molar-refractivity contribution in [2.45, 2.75) is 40.2 Å². The zero-order valence-electron chi connectivity index (χ0n) is 10.4. The maximum absolute atomic E-state index is 4.48. The van der Waals surface area contributed by atoms with E-state index in [4.69, 9.17) is 0 Å². The zero-order valence-corrected chi connectivity index (χ0v) is 12.0. The third-order valence-electron chi connectivity index (χ3n) is 2.49. The van der Waals surface area contributed by atoms with Crippen LogP contribution in [0.4, 0.5) is 5.95 Å². The largest absolute Gasteiger partial charge is 0.337 e. The first-order chi connectivity index (χ1) is 7.56. The SMILES string of the molecule is Cc1nnc(N(CCCBr)C(C)C)nc1C. The van der Waals surface area contributed by atoms with Crippen LogP contribution < -0.4 is 4.90 Å². The monoisotopic (exact) mass is 286 g/mol. The molecule has 0 aliphatic heterocycles. The highest BCUT2D eigenvalue weighted by Gasteiger charge is 2.14. The van der Waals surface area contributed by atoms with E-state index in [-0.39, 0.29) is 0 Å². The first-order valence-corrected chi connectivity index (χ1v) is 6.69. The van der Waals surface area contributed by atoms with Gasteiger partial charge in [0, 0.05) is 17.9 Å². The Morgan fingerprint density at radius 1 is 1.19 bits per heavy atom. The van der Waals surface area contributed by atoms with Gasteiger partial charge in [-0.05, 0) is 34.1 Å². The van der Waals surface area contributed by atoms with Crippen LogP contribution in [-0.4, -0.2) is 33.1 Å². The minimum Gasteiger partial charge on any atom is -0.337 e. The Morgan fingerprint density at radius 2 is 1.88 bits per heavy atom. The van der Waals surface area contributed by atoms with Crippen molar-refractivity contribution in [1.29, 1.82) is 0 Å². The molecule has 0 atom stereocenters. The fourth-order valence-electron chi connectivity index (χ4n) is 1.39. The Morgan fingerprint density at radius 3 is 2.38 bits per heavy atom. The molecule has 0 amide bonds. The fourth-order valence-corrected chi connectivity index (χ4v) is 1.64. The highest BCUT2D eigenvalue weighted by molar-refractivity contribution is 9.09. The van der Waals surface area contributed by atoms with Crippen molar-refractivity contribution in [2.75, 3.05) is 16.8 Å². The molecule has 1 aromatic rings. The molecule has 0 aliphatic rings. The lowest BCUT2D eigenvalue weighted by Crippen LogP contribution is -2.34. The molecule has 0 fully saturated rings. The number of anilines is 1. The van der Waals surface area contributed by atoms with E-state index in [1.54, 1.807) is 0 Å². The number of aromatic nitrogens is 3. The minimum atomic E-state index is 0.392. The molecule has 1 rings (SSSR count). The first-order valence-electron chi connectivity index (χ1n) is 5.56. The van der Waals surface area contributed by atoms with E-state index in [0.717, 1.165) is 35.6 Å². The van der Waals surface area contributed by atoms with Gasteiger partial charge in [0.15, 0.2) is 0 Å². The summed E-state index contributed by atoms with van der Waals surface area (Å²) in [6.45, 7) is 9.14. The Labute approximate surface area is 106 Å². The van der Waals surface area contributed by atoms with Crippen LogP contribution in [0.5, 0.6) is 0 Å². The lowest BCUT2D eigenvalue weighted by Gasteiger charge is -2.26. The van der Waals surface area contributed by atoms with Gasteiger partial charge in [-0.1, -0.05) is 15.9 Å². The van der Waals surface area contributed by atoms with Crippen molar-refractivity contribution in [2.24, 2.45) is 0 Å². The predicted octanol–water partition coefficient (Wildman–Crippen LogP) is 2.49. The number of hydrogen-bond donors (Lipinski definition) is 0. The van der Waals surface area contributed by atoms with E-state index < -0.39 is 0 Å². The zero-order chi connectivity index (χ0) is 12.1. The third kappa shape index (κ3) is 3.40. The third-order valence-corrected chi connectivity index (χ3v) is 3.05. The predicted molar refractivity (Wildman–Crippen MR) is 70.2 cm³/mol. The van der Waals surface area contributed by atoms with Gasteiger partial charge in [-0.25, -0.2) is 4.98 Å². The molecule has 0 N–H and O–H groups in total. The topological polar surface area (TPSA) is 41.9 Å². The van der Waals surface area contributed by atoms with Crippen LogP contribution in [0, 0.1) is 13.8 Å². The lowest BCUT2D eigenvalue weighted by molar-refractivity contribution is 0.642.